The topological polar surface area (TPSA) is 52.2 Å². The van der Waals surface area contributed by atoms with Crippen molar-refractivity contribution in [1.82, 2.24) is 14.9 Å². The summed E-state index contributed by atoms with van der Waals surface area (Å²) >= 11 is 0. The minimum atomic E-state index is -0.111. The summed E-state index contributed by atoms with van der Waals surface area (Å²) in [4.78, 5) is 10.3. The van der Waals surface area contributed by atoms with Gasteiger partial charge < -0.3 is 10.1 Å². The molecule has 0 bridgehead atoms. The van der Waals surface area contributed by atoms with Gasteiger partial charge in [-0.05, 0) is 36.5 Å². The molecule has 108 valence electrons. The van der Waals surface area contributed by atoms with Gasteiger partial charge in [0.25, 0.3) is 0 Å². The highest BCUT2D eigenvalue weighted by Crippen LogP contribution is 2.28. The largest absolute Gasteiger partial charge is 0.393 e. The number of fused-ring (bicyclic) bond motifs is 1. The molecule has 2 aromatic heterocycles. The molecule has 20 heavy (non-hydrogen) atoms. The lowest BCUT2D eigenvalue weighted by atomic mass is 10.0. The maximum atomic E-state index is 9.62. The molecule has 0 radical (unpaired) electrons. The highest BCUT2D eigenvalue weighted by atomic mass is 16.3. The van der Waals surface area contributed by atoms with E-state index in [-0.39, 0.29) is 6.10 Å². The van der Waals surface area contributed by atoms with Gasteiger partial charge in [0.05, 0.1) is 6.10 Å². The third-order valence-corrected chi connectivity index (χ3v) is 4.23. The number of pyridine rings is 1. The van der Waals surface area contributed by atoms with Crippen molar-refractivity contribution in [3.63, 3.8) is 0 Å². The number of hydrogen-bond acceptors (Lipinski definition) is 3. The molecule has 1 saturated heterocycles. The van der Waals surface area contributed by atoms with Crippen molar-refractivity contribution in [3.8, 4) is 0 Å². The first-order valence-electron chi connectivity index (χ1n) is 7.51. The molecule has 0 aliphatic carbocycles. The number of likely N-dealkylation sites (tertiary alicyclic amines) is 1. The average Bonchev–Trinajstić information content (AvgIpc) is 2.81. The molecular weight excluding hydrogens is 250 g/mol. The zero-order valence-electron chi connectivity index (χ0n) is 12.3. The van der Waals surface area contributed by atoms with Crippen LogP contribution in [0.2, 0.25) is 0 Å². The lowest BCUT2D eigenvalue weighted by molar-refractivity contribution is 0.0793. The van der Waals surface area contributed by atoms with E-state index in [0.29, 0.717) is 5.92 Å². The number of nitrogens with zero attached hydrogens (tertiary/aromatic N) is 2. The highest BCUT2D eigenvalue weighted by molar-refractivity contribution is 5.81. The first kappa shape index (κ1) is 13.6. The van der Waals surface area contributed by atoms with Gasteiger partial charge in [-0.3, -0.25) is 4.90 Å². The van der Waals surface area contributed by atoms with E-state index in [2.05, 4.69) is 34.8 Å². The summed E-state index contributed by atoms with van der Waals surface area (Å²) in [5, 5.41) is 10.9. The Balaban J connectivity index is 1.91. The molecule has 2 N–H and O–H groups in total. The molecule has 3 rings (SSSR count). The van der Waals surface area contributed by atoms with E-state index in [1.807, 2.05) is 12.3 Å². The number of aromatic nitrogens is 2. The van der Waals surface area contributed by atoms with E-state index in [1.54, 1.807) is 0 Å². The predicted octanol–water partition coefficient (Wildman–Crippen LogP) is 2.64. The Kier molecular flexibility index (Phi) is 3.76. The monoisotopic (exact) mass is 273 g/mol. The van der Waals surface area contributed by atoms with Crippen LogP contribution in [0, 0.1) is 0 Å². The number of aliphatic hydroxyl groups excluding tert-OH is 1. The van der Waals surface area contributed by atoms with Crippen molar-refractivity contribution in [2.45, 2.75) is 45.3 Å². The maximum Gasteiger partial charge on any atom is 0.137 e. The smallest absolute Gasteiger partial charge is 0.137 e. The fraction of sp³-hybridized carbons (Fsp3) is 0.562. The van der Waals surface area contributed by atoms with Crippen LogP contribution in [0.5, 0.6) is 0 Å². The Labute approximate surface area is 119 Å². The second-order valence-electron chi connectivity index (χ2n) is 6.08. The van der Waals surface area contributed by atoms with E-state index >= 15 is 0 Å². The highest BCUT2D eigenvalue weighted by Gasteiger charge is 2.21. The lowest BCUT2D eigenvalue weighted by Crippen LogP contribution is -2.35. The van der Waals surface area contributed by atoms with Crippen LogP contribution in [-0.2, 0) is 6.54 Å². The molecule has 1 fully saturated rings. The summed E-state index contributed by atoms with van der Waals surface area (Å²) in [5.41, 5.74) is 3.66. The predicted molar refractivity (Wildman–Crippen MR) is 80.7 cm³/mol. The Morgan fingerprint density at radius 2 is 2.15 bits per heavy atom. The van der Waals surface area contributed by atoms with Crippen molar-refractivity contribution in [2.24, 2.45) is 0 Å². The summed E-state index contributed by atoms with van der Waals surface area (Å²) in [7, 11) is 0. The number of piperidine rings is 1. The molecule has 3 heterocycles. The van der Waals surface area contributed by atoms with Crippen LogP contribution in [0.3, 0.4) is 0 Å². The molecule has 0 unspecified atom stereocenters. The van der Waals surface area contributed by atoms with Crippen LogP contribution in [0.1, 0.15) is 43.9 Å². The number of aliphatic hydroxyl groups is 1. The van der Waals surface area contributed by atoms with Crippen molar-refractivity contribution >= 4 is 11.0 Å². The minimum absolute atomic E-state index is 0.111. The van der Waals surface area contributed by atoms with Crippen LogP contribution in [-0.4, -0.2) is 39.2 Å². The van der Waals surface area contributed by atoms with Gasteiger partial charge >= 0.3 is 0 Å². The van der Waals surface area contributed by atoms with Crippen LogP contribution >= 0.6 is 0 Å². The standard InChI is InChI=1S/C16H23N3O/c1-11(2)15-14(10-19-8-5-12(20)6-9-19)13-4-3-7-17-16(13)18-15/h3-4,7,11-12,20H,5-6,8-10H2,1-2H3,(H,17,18). The molecule has 0 amide bonds. The third kappa shape index (κ3) is 2.58. The number of H-pyrrole nitrogens is 1. The van der Waals surface area contributed by atoms with Gasteiger partial charge in [-0.25, -0.2) is 4.98 Å². The first-order chi connectivity index (χ1) is 9.65. The summed E-state index contributed by atoms with van der Waals surface area (Å²) in [6.07, 6.45) is 3.50. The van der Waals surface area contributed by atoms with Crippen molar-refractivity contribution in [2.75, 3.05) is 13.1 Å². The molecule has 4 heteroatoms. The van der Waals surface area contributed by atoms with Gasteiger partial charge in [-0.15, -0.1) is 0 Å². The van der Waals surface area contributed by atoms with Gasteiger partial charge in [0.1, 0.15) is 5.65 Å². The maximum absolute atomic E-state index is 9.62. The summed E-state index contributed by atoms with van der Waals surface area (Å²) in [5.74, 6) is 0.467. The molecule has 0 aromatic carbocycles. The average molecular weight is 273 g/mol. The molecule has 0 spiro atoms. The molecule has 4 nitrogen and oxygen atoms in total. The van der Waals surface area contributed by atoms with Crippen LogP contribution in [0.4, 0.5) is 0 Å². The fourth-order valence-corrected chi connectivity index (χ4v) is 3.06. The van der Waals surface area contributed by atoms with Gasteiger partial charge in [-0.1, -0.05) is 13.8 Å². The Morgan fingerprint density at radius 1 is 1.40 bits per heavy atom. The number of rotatable bonds is 3. The van der Waals surface area contributed by atoms with Crippen LogP contribution in [0.25, 0.3) is 11.0 Å². The Morgan fingerprint density at radius 3 is 2.85 bits per heavy atom. The van der Waals surface area contributed by atoms with E-state index in [1.165, 1.54) is 16.6 Å². The van der Waals surface area contributed by atoms with E-state index in [0.717, 1.165) is 38.1 Å². The minimum Gasteiger partial charge on any atom is -0.393 e. The molecule has 0 saturated carbocycles. The summed E-state index contributed by atoms with van der Waals surface area (Å²) in [6, 6.07) is 4.16. The summed E-state index contributed by atoms with van der Waals surface area (Å²) in [6.45, 7) is 7.34. The van der Waals surface area contributed by atoms with Crippen molar-refractivity contribution in [1.29, 1.82) is 0 Å². The quantitative estimate of drug-likeness (QED) is 0.904. The molecule has 1 aliphatic heterocycles. The van der Waals surface area contributed by atoms with Gasteiger partial charge in [0.15, 0.2) is 0 Å². The van der Waals surface area contributed by atoms with E-state index in [9.17, 15) is 5.11 Å². The molecule has 2 aromatic rings. The number of nitrogens with one attached hydrogen (secondary N) is 1. The van der Waals surface area contributed by atoms with Crippen LogP contribution in [0.15, 0.2) is 18.3 Å². The zero-order chi connectivity index (χ0) is 14.1. The normalized spacial score (nSPS) is 18.2. The van der Waals surface area contributed by atoms with Gasteiger partial charge in [0, 0.05) is 36.9 Å². The molecule has 0 atom stereocenters. The van der Waals surface area contributed by atoms with Crippen molar-refractivity contribution in [3.05, 3.63) is 29.6 Å². The molecular formula is C16H23N3O. The second kappa shape index (κ2) is 5.54. The van der Waals surface area contributed by atoms with E-state index < -0.39 is 0 Å². The third-order valence-electron chi connectivity index (χ3n) is 4.23. The number of aromatic amines is 1. The Hall–Kier alpha value is -1.39. The lowest BCUT2D eigenvalue weighted by Gasteiger charge is -2.29. The van der Waals surface area contributed by atoms with Gasteiger partial charge in [0.2, 0.25) is 0 Å². The zero-order valence-corrected chi connectivity index (χ0v) is 12.3. The van der Waals surface area contributed by atoms with E-state index in [4.69, 9.17) is 0 Å². The van der Waals surface area contributed by atoms with Crippen molar-refractivity contribution < 1.29 is 5.11 Å². The van der Waals surface area contributed by atoms with Gasteiger partial charge in [-0.2, -0.15) is 0 Å². The fourth-order valence-electron chi connectivity index (χ4n) is 3.06. The number of hydrogen-bond donors (Lipinski definition) is 2. The second-order valence-corrected chi connectivity index (χ2v) is 6.08. The summed E-state index contributed by atoms with van der Waals surface area (Å²) < 4.78 is 0. The van der Waals surface area contributed by atoms with Crippen LogP contribution < -0.4 is 0 Å². The molecule has 1 aliphatic rings. The SMILES string of the molecule is CC(C)c1[nH]c2ncccc2c1CN1CCC(O)CC1. The Bertz CT molecular complexity index is 582. The first-order valence-corrected chi connectivity index (χ1v) is 7.51.